The van der Waals surface area contributed by atoms with E-state index < -0.39 is 11.9 Å². The number of aromatic hydroxyl groups is 1. The molecule has 1 heterocycles. The molecule has 5 rings (SSSR count). The molecule has 3 aromatic carbocycles. The third-order valence-electron chi connectivity index (χ3n) is 6.36. The second-order valence-electron chi connectivity index (χ2n) is 8.83. The Bertz CT molecular complexity index is 1590. The maximum atomic E-state index is 13.0. The van der Waals surface area contributed by atoms with Crippen molar-refractivity contribution in [2.24, 2.45) is 5.10 Å². The fourth-order valence-corrected chi connectivity index (χ4v) is 4.42. The van der Waals surface area contributed by atoms with Crippen LogP contribution < -0.4 is 10.2 Å². The van der Waals surface area contributed by atoms with E-state index in [1.165, 1.54) is 12.1 Å². The van der Waals surface area contributed by atoms with Crippen LogP contribution in [0.25, 0.3) is 11.1 Å². The lowest BCUT2D eigenvalue weighted by atomic mass is 9.93. The van der Waals surface area contributed by atoms with Crippen molar-refractivity contribution in [3.63, 3.8) is 0 Å². The second kappa shape index (κ2) is 10.4. The maximum absolute atomic E-state index is 13.0. The van der Waals surface area contributed by atoms with Gasteiger partial charge in [-0.2, -0.15) is 10.4 Å². The Balaban J connectivity index is 1.32. The third kappa shape index (κ3) is 4.90. The monoisotopic (exact) mass is 505 g/mol. The molecule has 0 bridgehead atoms. The third-order valence-corrected chi connectivity index (χ3v) is 6.36. The molecule has 0 spiro atoms. The Morgan fingerprint density at radius 2 is 1.68 bits per heavy atom. The van der Waals surface area contributed by atoms with Gasteiger partial charge in [-0.25, -0.2) is 10.2 Å². The van der Waals surface area contributed by atoms with Crippen LogP contribution in [0.3, 0.4) is 0 Å². The Morgan fingerprint density at radius 3 is 2.37 bits per heavy atom. The lowest BCUT2D eigenvalue weighted by Crippen LogP contribution is -2.22. The fourth-order valence-electron chi connectivity index (χ4n) is 4.42. The first-order valence-electron chi connectivity index (χ1n) is 12.0. The van der Waals surface area contributed by atoms with Crippen LogP contribution in [0, 0.1) is 18.3 Å². The van der Waals surface area contributed by atoms with Crippen LogP contribution in [0.2, 0.25) is 0 Å². The number of furan rings is 1. The number of aryl methyl sites for hydroxylation is 1. The highest BCUT2D eigenvalue weighted by Gasteiger charge is 2.29. The normalized spacial score (nSPS) is 13.4. The van der Waals surface area contributed by atoms with E-state index in [9.17, 15) is 14.7 Å². The van der Waals surface area contributed by atoms with Gasteiger partial charge in [0.1, 0.15) is 17.3 Å². The Labute approximate surface area is 218 Å². The van der Waals surface area contributed by atoms with Gasteiger partial charge in [0.05, 0.1) is 22.9 Å². The van der Waals surface area contributed by atoms with Crippen molar-refractivity contribution in [2.45, 2.75) is 26.2 Å². The number of nitriles is 1. The molecule has 0 saturated carbocycles. The van der Waals surface area contributed by atoms with E-state index in [1.807, 2.05) is 24.3 Å². The molecule has 38 heavy (non-hydrogen) atoms. The summed E-state index contributed by atoms with van der Waals surface area (Å²) in [4.78, 5) is 25.5. The summed E-state index contributed by atoms with van der Waals surface area (Å²) < 4.78 is 11.5. The standard InChI is InChI=1S/C30H23N3O5/c1-18-27-24(32-33-29(35)23-5-2-3-7-25(23)34)6-4-8-26(27)38-28(18)30(36)37-22-15-13-21(14-16-22)20-11-9-19(17-31)10-12-20/h2-3,5,7,9-16,34H,4,6,8H2,1H3,(H,33,35)/b32-24+. The highest BCUT2D eigenvalue weighted by molar-refractivity contribution is 6.07. The molecule has 0 saturated heterocycles. The van der Waals surface area contributed by atoms with Crippen LogP contribution in [0.15, 0.2) is 82.3 Å². The van der Waals surface area contributed by atoms with Crippen molar-refractivity contribution in [1.82, 2.24) is 5.43 Å². The van der Waals surface area contributed by atoms with Crippen molar-refractivity contribution in [3.05, 3.63) is 107 Å². The summed E-state index contributed by atoms with van der Waals surface area (Å²) >= 11 is 0. The number of hydrogen-bond donors (Lipinski definition) is 2. The topological polar surface area (TPSA) is 125 Å². The van der Waals surface area contributed by atoms with E-state index >= 15 is 0 Å². The number of nitrogens with one attached hydrogen (secondary N) is 1. The smallest absolute Gasteiger partial charge is 0.379 e. The van der Waals surface area contributed by atoms with E-state index in [2.05, 4.69) is 16.6 Å². The number of carbonyl (C=O) groups is 2. The van der Waals surface area contributed by atoms with Gasteiger partial charge in [0.15, 0.2) is 0 Å². The predicted octanol–water partition coefficient (Wildman–Crippen LogP) is 5.52. The van der Waals surface area contributed by atoms with E-state index in [1.54, 1.807) is 43.3 Å². The summed E-state index contributed by atoms with van der Waals surface area (Å²) in [6.07, 6.45) is 1.98. The lowest BCUT2D eigenvalue weighted by molar-refractivity contribution is 0.0698. The number of benzene rings is 3. The minimum atomic E-state index is -0.624. The van der Waals surface area contributed by atoms with Gasteiger partial charge in [-0.15, -0.1) is 0 Å². The number of amides is 1. The molecule has 0 fully saturated rings. The first kappa shape index (κ1) is 24.5. The summed E-state index contributed by atoms with van der Waals surface area (Å²) in [5.41, 5.74) is 6.95. The van der Waals surface area contributed by atoms with E-state index in [0.717, 1.165) is 17.5 Å². The van der Waals surface area contributed by atoms with Gasteiger partial charge in [-0.1, -0.05) is 36.4 Å². The average molecular weight is 506 g/mol. The number of phenols is 1. The zero-order valence-electron chi connectivity index (χ0n) is 20.5. The highest BCUT2D eigenvalue weighted by Crippen LogP contribution is 2.31. The summed E-state index contributed by atoms with van der Waals surface area (Å²) in [6.45, 7) is 1.76. The summed E-state index contributed by atoms with van der Waals surface area (Å²) in [5, 5.41) is 23.2. The average Bonchev–Trinajstić information content (AvgIpc) is 3.29. The Hall–Kier alpha value is -5.16. The number of hydrazone groups is 1. The molecule has 1 aliphatic rings. The zero-order valence-corrected chi connectivity index (χ0v) is 20.5. The lowest BCUT2D eigenvalue weighted by Gasteiger charge is -2.13. The van der Waals surface area contributed by atoms with Gasteiger partial charge in [0.2, 0.25) is 5.76 Å². The summed E-state index contributed by atoms with van der Waals surface area (Å²) in [7, 11) is 0. The number of para-hydroxylation sites is 1. The minimum absolute atomic E-state index is 0.0906. The van der Waals surface area contributed by atoms with Crippen molar-refractivity contribution >= 4 is 17.6 Å². The number of rotatable bonds is 5. The van der Waals surface area contributed by atoms with Crippen molar-refractivity contribution in [2.75, 3.05) is 0 Å². The molecule has 1 aromatic heterocycles. The van der Waals surface area contributed by atoms with Crippen LogP contribution in [0.1, 0.15) is 56.2 Å². The molecule has 1 amide bonds. The number of phenolic OH excluding ortho intramolecular Hbond substituents is 1. The number of esters is 1. The minimum Gasteiger partial charge on any atom is -0.507 e. The molecule has 0 atom stereocenters. The molecule has 0 aliphatic heterocycles. The number of carbonyl (C=O) groups excluding carboxylic acids is 2. The second-order valence-corrected chi connectivity index (χ2v) is 8.83. The number of nitrogens with zero attached hydrogens (tertiary/aromatic N) is 2. The molecular weight excluding hydrogens is 482 g/mol. The summed E-state index contributed by atoms with van der Waals surface area (Å²) in [5.74, 6) is -0.220. The molecule has 0 radical (unpaired) electrons. The van der Waals surface area contributed by atoms with Crippen molar-refractivity contribution in [1.29, 1.82) is 5.26 Å². The molecule has 2 N–H and O–H groups in total. The van der Waals surface area contributed by atoms with Crippen LogP contribution in [-0.2, 0) is 6.42 Å². The molecule has 188 valence electrons. The van der Waals surface area contributed by atoms with Gasteiger partial charge >= 0.3 is 5.97 Å². The van der Waals surface area contributed by atoms with E-state index in [4.69, 9.17) is 14.4 Å². The largest absolute Gasteiger partial charge is 0.507 e. The molecule has 8 heteroatoms. The molecular formula is C30H23N3O5. The number of ether oxygens (including phenoxy) is 1. The van der Waals surface area contributed by atoms with Gasteiger partial charge in [0.25, 0.3) is 5.91 Å². The summed E-state index contributed by atoms with van der Waals surface area (Å²) in [6, 6.07) is 22.6. The zero-order chi connectivity index (χ0) is 26.6. The molecule has 1 aliphatic carbocycles. The Morgan fingerprint density at radius 1 is 1.00 bits per heavy atom. The van der Waals surface area contributed by atoms with E-state index in [0.29, 0.717) is 46.8 Å². The quantitative estimate of drug-likeness (QED) is 0.209. The SMILES string of the molecule is Cc1c(C(=O)Oc2ccc(-c3ccc(C#N)cc3)cc2)oc2c1/C(=N/NC(=O)c1ccccc1O)CCC2. The van der Waals surface area contributed by atoms with E-state index in [-0.39, 0.29) is 17.1 Å². The molecule has 8 nitrogen and oxygen atoms in total. The van der Waals surface area contributed by atoms with Gasteiger partial charge < -0.3 is 14.3 Å². The number of hydrogen-bond acceptors (Lipinski definition) is 7. The van der Waals surface area contributed by atoms with Crippen LogP contribution in [0.5, 0.6) is 11.5 Å². The number of fused-ring (bicyclic) bond motifs is 1. The maximum Gasteiger partial charge on any atom is 0.379 e. The molecule has 0 unspecified atom stereocenters. The van der Waals surface area contributed by atoms with Gasteiger partial charge in [-0.3, -0.25) is 4.79 Å². The van der Waals surface area contributed by atoms with Gasteiger partial charge in [0, 0.05) is 17.5 Å². The van der Waals surface area contributed by atoms with Crippen LogP contribution in [-0.4, -0.2) is 22.7 Å². The van der Waals surface area contributed by atoms with Crippen molar-refractivity contribution < 1.29 is 23.8 Å². The first-order valence-corrected chi connectivity index (χ1v) is 12.0. The predicted molar refractivity (Wildman–Crippen MR) is 140 cm³/mol. The Kier molecular flexibility index (Phi) is 6.74. The fraction of sp³-hybridized carbons (Fsp3) is 0.133. The van der Waals surface area contributed by atoms with Crippen LogP contribution in [0.4, 0.5) is 0 Å². The molecule has 4 aromatic rings. The van der Waals surface area contributed by atoms with Gasteiger partial charge in [-0.05, 0) is 67.3 Å². The van der Waals surface area contributed by atoms with Crippen LogP contribution >= 0.6 is 0 Å². The highest BCUT2D eigenvalue weighted by atomic mass is 16.5. The van der Waals surface area contributed by atoms with Crippen molar-refractivity contribution in [3.8, 4) is 28.7 Å². The first-order chi connectivity index (χ1) is 18.4.